The predicted molar refractivity (Wildman–Crippen MR) is 222 cm³/mol. The number of rotatable bonds is 5. The number of hydrogen-bond donors (Lipinski definition) is 0. The van der Waals surface area contributed by atoms with Crippen LogP contribution < -0.4 is 0 Å². The van der Waals surface area contributed by atoms with Gasteiger partial charge in [0.05, 0.1) is 22.1 Å². The fraction of sp³-hybridized carbons (Fsp3) is 0. The van der Waals surface area contributed by atoms with Gasteiger partial charge in [0.25, 0.3) is 0 Å². The van der Waals surface area contributed by atoms with Crippen LogP contribution >= 0.6 is 0 Å². The number of para-hydroxylation sites is 3. The van der Waals surface area contributed by atoms with Gasteiger partial charge in [-0.15, -0.1) is 0 Å². The topological polar surface area (TPSA) is 48.5 Å². The number of benzene rings is 8. The summed E-state index contributed by atoms with van der Waals surface area (Å²) in [4.78, 5) is 14.9. The molecule has 0 fully saturated rings. The zero-order valence-electron chi connectivity index (χ0n) is 29.1. The maximum Gasteiger partial charge on any atom is 0.164 e. The molecule has 252 valence electrons. The maximum atomic E-state index is 4.99. The molecule has 3 aromatic heterocycles. The lowest BCUT2D eigenvalue weighted by Crippen LogP contribution is -2.00. The van der Waals surface area contributed by atoms with Crippen molar-refractivity contribution in [2.24, 2.45) is 0 Å². The van der Waals surface area contributed by atoms with Gasteiger partial charge in [-0.25, -0.2) is 15.0 Å². The van der Waals surface area contributed by atoms with E-state index in [0.29, 0.717) is 17.5 Å². The summed E-state index contributed by atoms with van der Waals surface area (Å²) in [6, 6.07) is 66.1. The number of aromatic nitrogens is 5. The zero-order chi connectivity index (χ0) is 35.6. The second-order valence-corrected chi connectivity index (χ2v) is 13.6. The highest BCUT2D eigenvalue weighted by Crippen LogP contribution is 2.46. The fourth-order valence-corrected chi connectivity index (χ4v) is 8.20. The Labute approximate surface area is 311 Å². The van der Waals surface area contributed by atoms with Gasteiger partial charge in [0, 0.05) is 55.0 Å². The average molecular weight is 690 g/mol. The van der Waals surface area contributed by atoms with E-state index in [1.165, 1.54) is 48.9 Å². The third-order valence-corrected chi connectivity index (χ3v) is 10.5. The molecule has 11 rings (SSSR count). The standard InChI is InChI=1S/C49H31N5/c1-4-16-32(17-5-1)47-50-48(33-18-6-2-7-19-33)52-49(51-47)34-28-30-36(31-29-34)53-42-27-15-13-25-40(42)44-45(53)38-23-11-10-22-37(38)43-39-24-12-14-26-41(39)54(46(43)44)35-20-8-3-9-21-35/h1-31H. The quantitative estimate of drug-likeness (QED) is 0.181. The third-order valence-electron chi connectivity index (χ3n) is 10.5. The highest BCUT2D eigenvalue weighted by atomic mass is 15.0. The lowest BCUT2D eigenvalue weighted by atomic mass is 9.99. The minimum atomic E-state index is 0.635. The van der Waals surface area contributed by atoms with Crippen molar-refractivity contribution in [3.63, 3.8) is 0 Å². The van der Waals surface area contributed by atoms with Crippen molar-refractivity contribution < 1.29 is 0 Å². The molecule has 0 aliphatic carbocycles. The van der Waals surface area contributed by atoms with E-state index in [-0.39, 0.29) is 0 Å². The zero-order valence-corrected chi connectivity index (χ0v) is 29.1. The lowest BCUT2D eigenvalue weighted by molar-refractivity contribution is 1.07. The molecule has 0 saturated carbocycles. The highest BCUT2D eigenvalue weighted by molar-refractivity contribution is 6.36. The maximum absolute atomic E-state index is 4.99. The first-order valence-corrected chi connectivity index (χ1v) is 18.2. The van der Waals surface area contributed by atoms with E-state index in [9.17, 15) is 0 Å². The molecule has 3 heterocycles. The largest absolute Gasteiger partial charge is 0.309 e. The molecule has 8 aromatic carbocycles. The van der Waals surface area contributed by atoms with Crippen LogP contribution in [-0.4, -0.2) is 24.1 Å². The van der Waals surface area contributed by atoms with Crippen molar-refractivity contribution in [3.8, 4) is 45.5 Å². The Balaban J connectivity index is 1.18. The molecule has 0 unspecified atom stereocenters. The molecule has 0 aliphatic rings. The number of fused-ring (bicyclic) bond motifs is 10. The van der Waals surface area contributed by atoms with Crippen LogP contribution in [-0.2, 0) is 0 Å². The van der Waals surface area contributed by atoms with Gasteiger partial charge in [-0.05, 0) is 53.9 Å². The van der Waals surface area contributed by atoms with Gasteiger partial charge in [-0.2, -0.15) is 0 Å². The van der Waals surface area contributed by atoms with E-state index in [1.807, 2.05) is 60.7 Å². The van der Waals surface area contributed by atoms with Gasteiger partial charge in [-0.3, -0.25) is 0 Å². The summed E-state index contributed by atoms with van der Waals surface area (Å²) in [5.74, 6) is 1.93. The molecule has 0 atom stereocenters. The van der Waals surface area contributed by atoms with Gasteiger partial charge in [0.2, 0.25) is 0 Å². The Hall–Kier alpha value is -7.37. The van der Waals surface area contributed by atoms with Crippen molar-refractivity contribution in [3.05, 3.63) is 188 Å². The molecule has 0 spiro atoms. The van der Waals surface area contributed by atoms with Gasteiger partial charge in [0.1, 0.15) is 0 Å². The van der Waals surface area contributed by atoms with E-state index in [4.69, 9.17) is 15.0 Å². The summed E-state index contributed by atoms with van der Waals surface area (Å²) < 4.78 is 4.89. The Morgan fingerprint density at radius 3 is 1.22 bits per heavy atom. The minimum absolute atomic E-state index is 0.635. The van der Waals surface area contributed by atoms with E-state index in [1.54, 1.807) is 0 Å². The summed E-state index contributed by atoms with van der Waals surface area (Å²) in [5, 5.41) is 7.42. The number of nitrogens with zero attached hydrogens (tertiary/aromatic N) is 5. The molecule has 0 N–H and O–H groups in total. The van der Waals surface area contributed by atoms with Gasteiger partial charge >= 0.3 is 0 Å². The van der Waals surface area contributed by atoms with Crippen molar-refractivity contribution in [2.75, 3.05) is 0 Å². The van der Waals surface area contributed by atoms with E-state index >= 15 is 0 Å². The Morgan fingerprint density at radius 1 is 0.278 bits per heavy atom. The second-order valence-electron chi connectivity index (χ2n) is 13.6. The van der Waals surface area contributed by atoms with Crippen LogP contribution in [0.15, 0.2) is 188 Å². The molecule has 0 radical (unpaired) electrons. The Bertz CT molecular complexity index is 3120. The smallest absolute Gasteiger partial charge is 0.164 e. The molecule has 54 heavy (non-hydrogen) atoms. The molecule has 11 aromatic rings. The van der Waals surface area contributed by atoms with Gasteiger partial charge < -0.3 is 9.13 Å². The molecule has 0 saturated heterocycles. The molecular weight excluding hydrogens is 659 g/mol. The number of hydrogen-bond acceptors (Lipinski definition) is 3. The average Bonchev–Trinajstić information content (AvgIpc) is 3.79. The van der Waals surface area contributed by atoms with Crippen LogP contribution in [0.2, 0.25) is 0 Å². The van der Waals surface area contributed by atoms with E-state index in [0.717, 1.165) is 33.6 Å². The molecule has 0 aliphatic heterocycles. The predicted octanol–water partition coefficient (Wildman–Crippen LogP) is 12.2. The van der Waals surface area contributed by atoms with Gasteiger partial charge in [-0.1, -0.05) is 140 Å². The van der Waals surface area contributed by atoms with Crippen LogP contribution in [0.5, 0.6) is 0 Å². The van der Waals surface area contributed by atoms with Crippen LogP contribution in [0.3, 0.4) is 0 Å². The monoisotopic (exact) mass is 689 g/mol. The minimum Gasteiger partial charge on any atom is -0.309 e. The third kappa shape index (κ3) is 4.62. The Kier molecular flexibility index (Phi) is 6.79. The van der Waals surface area contributed by atoms with Crippen molar-refractivity contribution >= 4 is 54.4 Å². The highest BCUT2D eigenvalue weighted by Gasteiger charge is 2.24. The van der Waals surface area contributed by atoms with Crippen molar-refractivity contribution in [1.29, 1.82) is 0 Å². The summed E-state index contributed by atoms with van der Waals surface area (Å²) in [6.45, 7) is 0. The normalized spacial score (nSPS) is 11.7. The van der Waals surface area contributed by atoms with E-state index < -0.39 is 0 Å². The van der Waals surface area contributed by atoms with Gasteiger partial charge in [0.15, 0.2) is 17.5 Å². The SMILES string of the molecule is c1ccc(-c2nc(-c3ccccc3)nc(-c3ccc(-n4c5ccccc5c5c4c4ccccc4c4c6ccccc6n(-c6ccccc6)c45)cc3)n2)cc1. The van der Waals surface area contributed by atoms with Crippen LogP contribution in [0.1, 0.15) is 0 Å². The molecule has 5 heteroatoms. The van der Waals surface area contributed by atoms with Crippen LogP contribution in [0.4, 0.5) is 0 Å². The molecule has 0 amide bonds. The van der Waals surface area contributed by atoms with Crippen molar-refractivity contribution in [1.82, 2.24) is 24.1 Å². The fourth-order valence-electron chi connectivity index (χ4n) is 8.20. The summed E-state index contributed by atoms with van der Waals surface area (Å²) in [6.07, 6.45) is 0. The van der Waals surface area contributed by atoms with Crippen LogP contribution in [0, 0.1) is 0 Å². The Morgan fingerprint density at radius 2 is 0.667 bits per heavy atom. The lowest BCUT2D eigenvalue weighted by Gasteiger charge is -2.13. The molecule has 0 bridgehead atoms. The molecule has 5 nitrogen and oxygen atoms in total. The van der Waals surface area contributed by atoms with Crippen LogP contribution in [0.25, 0.3) is 99.9 Å². The first kappa shape index (κ1) is 30.3. The van der Waals surface area contributed by atoms with E-state index in [2.05, 4.69) is 137 Å². The summed E-state index contributed by atoms with van der Waals surface area (Å²) in [7, 11) is 0. The first-order valence-electron chi connectivity index (χ1n) is 18.2. The molecular formula is C49H31N5. The van der Waals surface area contributed by atoms with Crippen molar-refractivity contribution in [2.45, 2.75) is 0 Å². The first-order chi connectivity index (χ1) is 26.8. The second kappa shape index (κ2) is 12.1. The summed E-state index contributed by atoms with van der Waals surface area (Å²) >= 11 is 0. The summed E-state index contributed by atoms with van der Waals surface area (Å²) in [5.41, 5.74) is 9.78.